The van der Waals surface area contributed by atoms with Crippen LogP contribution in [0.2, 0.25) is 0 Å². The Morgan fingerprint density at radius 2 is 2.00 bits per heavy atom. The minimum atomic E-state index is 0.0829. The zero-order valence-corrected chi connectivity index (χ0v) is 16.2. The Kier molecular flexibility index (Phi) is 4.50. The van der Waals surface area contributed by atoms with Crippen molar-refractivity contribution in [2.24, 2.45) is 23.7 Å². The van der Waals surface area contributed by atoms with Gasteiger partial charge in [0.15, 0.2) is 0 Å². The predicted molar refractivity (Wildman–Crippen MR) is 103 cm³/mol. The Hall–Kier alpha value is -1.75. The fraction of sp³-hybridized carbons (Fsp3) is 0.682. The molecule has 1 aromatic carbocycles. The zero-order chi connectivity index (χ0) is 18.4. The SMILES string of the molecule is Cc1ccc(CNC(=O)N2CC3C4CCC(C4)C3C2)c(OC2CCOC2)c1. The summed E-state index contributed by atoms with van der Waals surface area (Å²) in [5.74, 6) is 4.15. The van der Waals surface area contributed by atoms with Crippen LogP contribution in [-0.2, 0) is 11.3 Å². The van der Waals surface area contributed by atoms with Crippen molar-refractivity contribution in [2.45, 2.75) is 45.3 Å². The molecular formula is C22H30N2O3. The molecule has 146 valence electrons. The molecule has 0 radical (unpaired) electrons. The highest BCUT2D eigenvalue weighted by molar-refractivity contribution is 5.74. The first-order valence-corrected chi connectivity index (χ1v) is 10.5. The van der Waals surface area contributed by atoms with E-state index in [1.54, 1.807) is 0 Å². The second-order valence-corrected chi connectivity index (χ2v) is 8.94. The number of nitrogens with zero attached hydrogens (tertiary/aromatic N) is 1. The summed E-state index contributed by atoms with van der Waals surface area (Å²) >= 11 is 0. The molecule has 1 N–H and O–H groups in total. The lowest BCUT2D eigenvalue weighted by Crippen LogP contribution is -2.39. The van der Waals surface area contributed by atoms with Crippen molar-refractivity contribution in [3.8, 4) is 5.75 Å². The Labute approximate surface area is 161 Å². The topological polar surface area (TPSA) is 50.8 Å². The molecular weight excluding hydrogens is 340 g/mol. The third-order valence-corrected chi connectivity index (χ3v) is 7.26. The van der Waals surface area contributed by atoms with E-state index in [4.69, 9.17) is 9.47 Å². The highest BCUT2D eigenvalue weighted by atomic mass is 16.5. The molecule has 2 heterocycles. The number of aryl methyl sites for hydroxylation is 1. The molecule has 2 aliphatic heterocycles. The lowest BCUT2D eigenvalue weighted by Gasteiger charge is -2.22. The Bertz CT molecular complexity index is 698. The van der Waals surface area contributed by atoms with Crippen molar-refractivity contribution >= 4 is 6.03 Å². The molecule has 27 heavy (non-hydrogen) atoms. The highest BCUT2D eigenvalue weighted by Gasteiger charge is 2.52. The fourth-order valence-electron chi connectivity index (χ4n) is 5.83. The van der Waals surface area contributed by atoms with E-state index in [9.17, 15) is 4.79 Å². The number of hydrogen-bond donors (Lipinski definition) is 1. The van der Waals surface area contributed by atoms with Crippen molar-refractivity contribution < 1.29 is 14.3 Å². The molecule has 2 saturated carbocycles. The van der Waals surface area contributed by atoms with Gasteiger partial charge in [0.05, 0.1) is 13.2 Å². The van der Waals surface area contributed by atoms with Crippen LogP contribution in [0.15, 0.2) is 18.2 Å². The summed E-state index contributed by atoms with van der Waals surface area (Å²) in [4.78, 5) is 14.8. The van der Waals surface area contributed by atoms with Crippen LogP contribution in [0.4, 0.5) is 4.79 Å². The zero-order valence-electron chi connectivity index (χ0n) is 16.2. The van der Waals surface area contributed by atoms with Crippen LogP contribution in [0.3, 0.4) is 0 Å². The summed E-state index contributed by atoms with van der Waals surface area (Å²) in [5, 5.41) is 3.14. The molecule has 2 amide bonds. The van der Waals surface area contributed by atoms with Crippen LogP contribution in [0, 0.1) is 30.6 Å². The van der Waals surface area contributed by atoms with Crippen LogP contribution in [-0.4, -0.2) is 43.3 Å². The molecule has 5 atom stereocenters. The molecule has 0 spiro atoms. The van der Waals surface area contributed by atoms with E-state index in [1.165, 1.54) is 24.8 Å². The lowest BCUT2D eigenvalue weighted by atomic mass is 9.82. The molecule has 5 unspecified atom stereocenters. The Morgan fingerprint density at radius 1 is 1.22 bits per heavy atom. The highest BCUT2D eigenvalue weighted by Crippen LogP contribution is 2.55. The normalized spacial score (nSPS) is 34.1. The molecule has 2 aliphatic carbocycles. The smallest absolute Gasteiger partial charge is 0.317 e. The monoisotopic (exact) mass is 370 g/mol. The first-order valence-electron chi connectivity index (χ1n) is 10.5. The first kappa shape index (κ1) is 17.4. The summed E-state index contributed by atoms with van der Waals surface area (Å²) in [6.07, 6.45) is 5.24. The Morgan fingerprint density at radius 3 is 2.70 bits per heavy atom. The number of hydrogen-bond acceptors (Lipinski definition) is 3. The van der Waals surface area contributed by atoms with E-state index >= 15 is 0 Å². The van der Waals surface area contributed by atoms with Gasteiger partial charge in [-0.2, -0.15) is 0 Å². The molecule has 1 aromatic rings. The molecule has 2 bridgehead atoms. The second kappa shape index (κ2) is 7.01. The van der Waals surface area contributed by atoms with Crippen LogP contribution in [0.1, 0.15) is 36.8 Å². The third-order valence-electron chi connectivity index (χ3n) is 7.26. The minimum Gasteiger partial charge on any atom is -0.488 e. The number of ether oxygens (including phenoxy) is 2. The standard InChI is InChI=1S/C22H30N2O3/c1-14-2-3-17(21(8-14)27-18-6-7-26-13-18)10-23-22(25)24-11-19-15-4-5-16(9-15)20(19)12-24/h2-3,8,15-16,18-20H,4-7,9-13H2,1H3,(H,23,25). The average Bonchev–Trinajstić information content (AvgIpc) is 3.42. The van der Waals surface area contributed by atoms with Gasteiger partial charge in [0.25, 0.3) is 0 Å². The summed E-state index contributed by atoms with van der Waals surface area (Å²) < 4.78 is 11.6. The summed E-state index contributed by atoms with van der Waals surface area (Å²) in [6.45, 7) is 5.90. The van der Waals surface area contributed by atoms with Gasteiger partial charge in [-0.1, -0.05) is 12.1 Å². The number of carbonyl (C=O) groups is 1. The summed E-state index contributed by atoms with van der Waals surface area (Å²) in [5.41, 5.74) is 2.21. The van der Waals surface area contributed by atoms with Crippen LogP contribution in [0.5, 0.6) is 5.75 Å². The Balaban J connectivity index is 1.20. The van der Waals surface area contributed by atoms with Crippen molar-refractivity contribution in [2.75, 3.05) is 26.3 Å². The number of nitrogens with one attached hydrogen (secondary N) is 1. The van der Waals surface area contributed by atoms with Gasteiger partial charge >= 0.3 is 6.03 Å². The van der Waals surface area contributed by atoms with E-state index in [0.717, 1.165) is 61.1 Å². The lowest BCUT2D eigenvalue weighted by molar-refractivity contribution is 0.140. The van der Waals surface area contributed by atoms with Gasteiger partial charge in [-0.05, 0) is 61.5 Å². The number of benzene rings is 1. The third kappa shape index (κ3) is 3.31. The van der Waals surface area contributed by atoms with Gasteiger partial charge in [-0.25, -0.2) is 4.79 Å². The van der Waals surface area contributed by atoms with Gasteiger partial charge in [0, 0.05) is 31.6 Å². The number of carbonyl (C=O) groups excluding carboxylic acids is 1. The maximum Gasteiger partial charge on any atom is 0.317 e. The molecule has 5 rings (SSSR count). The van der Waals surface area contributed by atoms with Crippen LogP contribution >= 0.6 is 0 Å². The fourth-order valence-corrected chi connectivity index (χ4v) is 5.83. The molecule has 5 nitrogen and oxygen atoms in total. The first-order chi connectivity index (χ1) is 13.2. The van der Waals surface area contributed by atoms with E-state index in [0.29, 0.717) is 13.2 Å². The minimum absolute atomic E-state index is 0.0829. The van der Waals surface area contributed by atoms with Gasteiger partial charge in [-0.15, -0.1) is 0 Å². The number of fused-ring (bicyclic) bond motifs is 5. The molecule has 4 aliphatic rings. The molecule has 5 heteroatoms. The van der Waals surface area contributed by atoms with Crippen LogP contribution in [0.25, 0.3) is 0 Å². The van der Waals surface area contributed by atoms with E-state index in [2.05, 4.69) is 35.3 Å². The number of likely N-dealkylation sites (tertiary alicyclic amines) is 1. The summed E-state index contributed by atoms with van der Waals surface area (Å²) in [6, 6.07) is 6.30. The van der Waals surface area contributed by atoms with Gasteiger partial charge in [-0.3, -0.25) is 0 Å². The maximum absolute atomic E-state index is 12.8. The maximum atomic E-state index is 12.8. The van der Waals surface area contributed by atoms with Crippen molar-refractivity contribution in [1.82, 2.24) is 10.2 Å². The number of urea groups is 1. The predicted octanol–water partition coefficient (Wildman–Crippen LogP) is 3.35. The van der Waals surface area contributed by atoms with E-state index in [1.807, 2.05) is 0 Å². The summed E-state index contributed by atoms with van der Waals surface area (Å²) in [7, 11) is 0. The van der Waals surface area contributed by atoms with Gasteiger partial charge in [0.2, 0.25) is 0 Å². The van der Waals surface area contributed by atoms with Gasteiger partial charge < -0.3 is 19.7 Å². The second-order valence-electron chi connectivity index (χ2n) is 8.94. The van der Waals surface area contributed by atoms with Crippen LogP contribution < -0.4 is 10.1 Å². The largest absolute Gasteiger partial charge is 0.488 e. The molecule has 0 aromatic heterocycles. The number of rotatable bonds is 4. The van der Waals surface area contributed by atoms with E-state index in [-0.39, 0.29) is 12.1 Å². The average molecular weight is 370 g/mol. The van der Waals surface area contributed by atoms with E-state index < -0.39 is 0 Å². The van der Waals surface area contributed by atoms with Crippen molar-refractivity contribution in [1.29, 1.82) is 0 Å². The molecule has 2 saturated heterocycles. The van der Waals surface area contributed by atoms with Crippen molar-refractivity contribution in [3.05, 3.63) is 29.3 Å². The number of amides is 2. The quantitative estimate of drug-likeness (QED) is 0.884. The molecule has 4 fully saturated rings. The van der Waals surface area contributed by atoms with Crippen molar-refractivity contribution in [3.63, 3.8) is 0 Å². The van der Waals surface area contributed by atoms with Gasteiger partial charge in [0.1, 0.15) is 11.9 Å².